The van der Waals surface area contributed by atoms with Crippen molar-refractivity contribution in [1.29, 1.82) is 5.26 Å². The third-order valence-corrected chi connectivity index (χ3v) is 17.7. The number of fused-ring (bicyclic) bond motifs is 8. The molecule has 376 valence electrons. The summed E-state index contributed by atoms with van der Waals surface area (Å²) in [6, 6.07) is 65.7. The molecule has 8 aromatic rings. The van der Waals surface area contributed by atoms with Crippen LogP contribution in [-0.2, 0) is 34.5 Å². The van der Waals surface area contributed by atoms with Crippen molar-refractivity contribution in [2.45, 2.75) is 89.9 Å². The van der Waals surface area contributed by atoms with Gasteiger partial charge in [-0.1, -0.05) is 218 Å². The first-order chi connectivity index (χ1) is 36.6. The van der Waals surface area contributed by atoms with Gasteiger partial charge in [-0.05, 0) is 151 Å². The average molecular weight is 988 g/mol. The number of anilines is 2. The van der Waals surface area contributed by atoms with E-state index in [0.29, 0.717) is 5.56 Å². The van der Waals surface area contributed by atoms with Gasteiger partial charge in [0.15, 0.2) is 0 Å². The Kier molecular flexibility index (Phi) is 12.6. The summed E-state index contributed by atoms with van der Waals surface area (Å²) in [6.07, 6.45) is 15.7. The highest BCUT2D eigenvalue weighted by atomic mass is 15.2. The minimum atomic E-state index is -0.188. The summed E-state index contributed by atoms with van der Waals surface area (Å²) in [5.41, 5.74) is 21.7. The molecule has 0 aromatic heterocycles. The van der Waals surface area contributed by atoms with Crippen molar-refractivity contribution < 1.29 is 0 Å². The Labute approximate surface area is 451 Å². The van der Waals surface area contributed by atoms with Crippen LogP contribution in [0.4, 0.5) is 11.4 Å². The van der Waals surface area contributed by atoms with Crippen LogP contribution in [0.2, 0.25) is 0 Å². The van der Waals surface area contributed by atoms with Crippen LogP contribution in [-0.4, -0.2) is 14.1 Å². The maximum atomic E-state index is 9.46. The molecule has 2 aliphatic carbocycles. The van der Waals surface area contributed by atoms with Crippen LogP contribution < -0.4 is 9.80 Å². The maximum absolute atomic E-state index is 9.46. The third-order valence-electron chi connectivity index (χ3n) is 17.7. The first-order valence-corrected chi connectivity index (χ1v) is 27.0. The van der Waals surface area contributed by atoms with Gasteiger partial charge in [-0.25, -0.2) is 0 Å². The monoisotopic (exact) mass is 988 g/mol. The fourth-order valence-electron chi connectivity index (χ4n) is 13.9. The quantitative estimate of drug-likeness (QED) is 0.152. The van der Waals surface area contributed by atoms with Crippen molar-refractivity contribution in [3.05, 3.63) is 285 Å². The van der Waals surface area contributed by atoms with E-state index in [1.54, 1.807) is 0 Å². The van der Waals surface area contributed by atoms with E-state index in [1.807, 2.05) is 12.1 Å². The number of hydrogen-bond donors (Lipinski definition) is 0. The topological polar surface area (TPSA) is 30.3 Å². The van der Waals surface area contributed by atoms with E-state index in [-0.39, 0.29) is 21.7 Å². The van der Waals surface area contributed by atoms with Crippen LogP contribution in [0.25, 0.3) is 32.7 Å². The fraction of sp³-hybridized carbons (Fsp3) is 0.219. The number of para-hydroxylation sites is 1. The van der Waals surface area contributed by atoms with Gasteiger partial charge in [0.1, 0.15) is 0 Å². The number of hydrogen-bond acceptors (Lipinski definition) is 3. The van der Waals surface area contributed by atoms with Crippen LogP contribution in [0.3, 0.4) is 0 Å². The Bertz CT molecular complexity index is 3850. The smallest absolute Gasteiger partial charge is 0.0991 e. The molecule has 2 atom stereocenters. The van der Waals surface area contributed by atoms with Crippen molar-refractivity contribution in [2.24, 2.45) is 0 Å². The molecule has 0 N–H and O–H groups in total. The first-order valence-electron chi connectivity index (χ1n) is 27.0. The van der Waals surface area contributed by atoms with E-state index >= 15 is 0 Å². The second-order valence-electron chi connectivity index (χ2n) is 23.0. The lowest BCUT2D eigenvalue weighted by atomic mass is 9.72. The largest absolute Gasteiger partial charge is 0.347 e. The van der Waals surface area contributed by atoms with E-state index in [4.69, 9.17) is 0 Å². The average Bonchev–Trinajstić information content (AvgIpc) is 3.99. The van der Waals surface area contributed by atoms with Crippen LogP contribution in [0.5, 0.6) is 0 Å². The summed E-state index contributed by atoms with van der Waals surface area (Å²) in [5, 5.41) is 14.8. The minimum Gasteiger partial charge on any atom is -0.347 e. The van der Waals surface area contributed by atoms with Gasteiger partial charge in [0.25, 0.3) is 0 Å². The van der Waals surface area contributed by atoms with Gasteiger partial charge in [-0.15, -0.1) is 0 Å². The maximum Gasteiger partial charge on any atom is 0.0991 e. The highest BCUT2D eigenvalue weighted by molar-refractivity contribution is 5.98. The van der Waals surface area contributed by atoms with Gasteiger partial charge < -0.3 is 9.80 Å². The molecule has 0 amide bonds. The van der Waals surface area contributed by atoms with E-state index < -0.39 is 0 Å². The molecule has 12 rings (SSSR count). The predicted molar refractivity (Wildman–Crippen MR) is 323 cm³/mol. The van der Waals surface area contributed by atoms with Crippen LogP contribution in [0.1, 0.15) is 105 Å². The summed E-state index contributed by atoms with van der Waals surface area (Å²) in [6.45, 7) is 18.6. The molecule has 2 aliphatic heterocycles. The summed E-state index contributed by atoms with van der Waals surface area (Å²) in [4.78, 5) is 4.61. The zero-order chi connectivity index (χ0) is 53.1. The number of likely N-dealkylation sites (N-methyl/N-ethyl adjacent to an activating group) is 2. The second-order valence-corrected chi connectivity index (χ2v) is 23.0. The van der Waals surface area contributed by atoms with Crippen LogP contribution in [0, 0.1) is 11.3 Å². The lowest BCUT2D eigenvalue weighted by Gasteiger charge is -2.30. The standard InChI is InChI=1S/C37H34N2.C36H35N/c1-25-29-20-19-28-14-9-10-15-30(28)35(29)37(4,23-26-12-7-6-8-13-26)31(25)16-11-17-34-36(2,3)32-22-27(24-38)18-21-33(32)39(34)5;1-25-28-23-22-27-16-9-10-17-29(27)34(28)36(4,24-26-14-7-6-8-15-26)30(25)19-13-21-33-35(2,3)31-18-11-12-20-32(31)37(33)5/h6-22H,23H2,1-5H3;6-23H,24H2,1-5H3/b16-11+,34-17+;19-13+,33-21+. The molecular formula is C73H69N3. The van der Waals surface area contributed by atoms with Gasteiger partial charge in [-0.3, -0.25) is 0 Å². The summed E-state index contributed by atoms with van der Waals surface area (Å²) < 4.78 is 0. The lowest BCUT2D eigenvalue weighted by molar-refractivity contribution is 0.582. The molecule has 0 radical (unpaired) electrons. The zero-order valence-corrected chi connectivity index (χ0v) is 46.0. The van der Waals surface area contributed by atoms with Crippen molar-refractivity contribution in [2.75, 3.05) is 23.9 Å². The number of benzene rings is 8. The molecule has 4 aliphatic rings. The Morgan fingerprint density at radius 2 is 0.882 bits per heavy atom. The zero-order valence-electron chi connectivity index (χ0n) is 46.0. The second kappa shape index (κ2) is 19.2. The lowest BCUT2D eigenvalue weighted by Crippen LogP contribution is -2.25. The Balaban J connectivity index is 0.000000162. The molecule has 76 heavy (non-hydrogen) atoms. The first kappa shape index (κ1) is 50.0. The predicted octanol–water partition coefficient (Wildman–Crippen LogP) is 17.9. The van der Waals surface area contributed by atoms with E-state index in [9.17, 15) is 5.26 Å². The number of allylic oxidation sites excluding steroid dienone is 12. The molecule has 3 nitrogen and oxygen atoms in total. The van der Waals surface area contributed by atoms with Crippen molar-refractivity contribution >= 4 is 44.1 Å². The molecular weight excluding hydrogens is 919 g/mol. The molecule has 0 spiro atoms. The molecule has 3 heteroatoms. The summed E-state index contributed by atoms with van der Waals surface area (Å²) >= 11 is 0. The molecule has 0 fully saturated rings. The molecule has 0 saturated carbocycles. The molecule has 0 saturated heterocycles. The van der Waals surface area contributed by atoms with E-state index in [1.165, 1.54) is 111 Å². The Morgan fingerprint density at radius 1 is 0.461 bits per heavy atom. The van der Waals surface area contributed by atoms with Gasteiger partial charge in [-0.2, -0.15) is 5.26 Å². The minimum absolute atomic E-state index is 0.0265. The van der Waals surface area contributed by atoms with Crippen molar-refractivity contribution in [3.63, 3.8) is 0 Å². The highest BCUT2D eigenvalue weighted by Gasteiger charge is 2.43. The van der Waals surface area contributed by atoms with Gasteiger partial charge in [0.05, 0.1) is 11.6 Å². The molecule has 2 unspecified atom stereocenters. The van der Waals surface area contributed by atoms with E-state index in [0.717, 1.165) is 12.8 Å². The molecule has 2 heterocycles. The Morgan fingerprint density at radius 3 is 1.36 bits per heavy atom. The normalized spacial score (nSPS) is 21.0. The fourth-order valence-corrected chi connectivity index (χ4v) is 13.9. The SMILES string of the molecule is CC1=C(/C=C/C=C2/N(C)c3ccc(C#N)cc3C2(C)C)C(C)(Cc2ccccc2)c2c1ccc1ccccc21.CC1=C(/C=C/C=C2/N(C)c3ccccc3C2(C)C)C(C)(Cc2ccccc2)c2c1ccc1ccccc21. The highest BCUT2D eigenvalue weighted by Crippen LogP contribution is 2.54. The van der Waals surface area contributed by atoms with Gasteiger partial charge in [0, 0.05) is 58.5 Å². The Hall–Kier alpha value is -8.19. The molecule has 8 aromatic carbocycles. The van der Waals surface area contributed by atoms with Crippen molar-refractivity contribution in [1.82, 2.24) is 0 Å². The van der Waals surface area contributed by atoms with E-state index in [2.05, 4.69) is 286 Å². The van der Waals surface area contributed by atoms with Crippen LogP contribution in [0.15, 0.2) is 235 Å². The molecule has 0 bridgehead atoms. The third kappa shape index (κ3) is 8.18. The summed E-state index contributed by atoms with van der Waals surface area (Å²) in [5.74, 6) is 0. The summed E-state index contributed by atoms with van der Waals surface area (Å²) in [7, 11) is 4.32. The van der Waals surface area contributed by atoms with Gasteiger partial charge in [0.2, 0.25) is 0 Å². The van der Waals surface area contributed by atoms with Crippen molar-refractivity contribution in [3.8, 4) is 6.07 Å². The number of nitrogens with zero attached hydrogens (tertiary/aromatic N) is 3. The van der Waals surface area contributed by atoms with Gasteiger partial charge >= 0.3 is 0 Å². The number of nitriles is 1. The van der Waals surface area contributed by atoms with Crippen LogP contribution >= 0.6 is 0 Å². The number of rotatable bonds is 8.